The average molecular weight is 229 g/mol. The molecule has 6 nitrogen and oxygen atoms in total. The molecule has 0 atom stereocenters. The molecule has 1 aliphatic carbocycles. The van der Waals surface area contributed by atoms with Crippen LogP contribution in [0.2, 0.25) is 0 Å². The van der Waals surface area contributed by atoms with Crippen LogP contribution in [0.1, 0.15) is 19.3 Å². The van der Waals surface area contributed by atoms with Crippen LogP contribution in [0, 0.1) is 0 Å². The molecule has 0 bridgehead atoms. The van der Waals surface area contributed by atoms with Crippen molar-refractivity contribution in [2.24, 2.45) is 5.73 Å². The Bertz CT molecular complexity index is 241. The van der Waals surface area contributed by atoms with Gasteiger partial charge in [-0.25, -0.2) is 0 Å². The van der Waals surface area contributed by atoms with Crippen LogP contribution in [-0.2, 0) is 14.3 Å². The third-order valence-electron chi connectivity index (χ3n) is 2.14. The lowest BCUT2D eigenvalue weighted by Crippen LogP contribution is -2.30. The summed E-state index contributed by atoms with van der Waals surface area (Å²) in [6, 6.07) is 0.423. The molecule has 92 valence electrons. The van der Waals surface area contributed by atoms with Crippen LogP contribution in [0.25, 0.3) is 0 Å². The van der Waals surface area contributed by atoms with Gasteiger partial charge in [-0.3, -0.25) is 9.59 Å². The number of ether oxygens (including phenoxy) is 1. The SMILES string of the molecule is NC(=O)COCCNCCC(=O)NC1CC1. The quantitative estimate of drug-likeness (QED) is 0.430. The van der Waals surface area contributed by atoms with Gasteiger partial charge in [0.1, 0.15) is 6.61 Å². The molecular formula is C10H19N3O3. The number of primary amides is 1. The van der Waals surface area contributed by atoms with Gasteiger partial charge in [-0.2, -0.15) is 0 Å². The Kier molecular flexibility index (Phi) is 5.81. The van der Waals surface area contributed by atoms with Crippen LogP contribution in [0.15, 0.2) is 0 Å². The maximum absolute atomic E-state index is 11.2. The fraction of sp³-hybridized carbons (Fsp3) is 0.800. The Labute approximate surface area is 94.9 Å². The van der Waals surface area contributed by atoms with Crippen molar-refractivity contribution in [3.05, 3.63) is 0 Å². The summed E-state index contributed by atoms with van der Waals surface area (Å²) in [6.07, 6.45) is 2.70. The van der Waals surface area contributed by atoms with Crippen molar-refractivity contribution >= 4 is 11.8 Å². The lowest BCUT2D eigenvalue weighted by molar-refractivity contribution is -0.122. The van der Waals surface area contributed by atoms with E-state index in [1.54, 1.807) is 0 Å². The van der Waals surface area contributed by atoms with E-state index in [1.807, 2.05) is 0 Å². The first-order chi connectivity index (χ1) is 7.68. The summed E-state index contributed by atoms with van der Waals surface area (Å²) >= 11 is 0. The van der Waals surface area contributed by atoms with Gasteiger partial charge in [0.2, 0.25) is 11.8 Å². The Balaban J connectivity index is 1.80. The molecule has 16 heavy (non-hydrogen) atoms. The van der Waals surface area contributed by atoms with Crippen molar-refractivity contribution in [1.29, 1.82) is 0 Å². The van der Waals surface area contributed by atoms with Crippen LogP contribution in [0.5, 0.6) is 0 Å². The monoisotopic (exact) mass is 229 g/mol. The molecule has 4 N–H and O–H groups in total. The molecule has 0 aromatic carbocycles. The van der Waals surface area contributed by atoms with Gasteiger partial charge in [0.25, 0.3) is 0 Å². The number of hydrogen-bond acceptors (Lipinski definition) is 4. The van der Waals surface area contributed by atoms with Crippen molar-refractivity contribution in [1.82, 2.24) is 10.6 Å². The van der Waals surface area contributed by atoms with Gasteiger partial charge in [-0.15, -0.1) is 0 Å². The minimum Gasteiger partial charge on any atom is -0.370 e. The molecule has 1 saturated carbocycles. The summed E-state index contributed by atoms with van der Waals surface area (Å²) in [6.45, 7) is 1.61. The van der Waals surface area contributed by atoms with E-state index in [4.69, 9.17) is 10.5 Å². The van der Waals surface area contributed by atoms with Crippen LogP contribution in [0.4, 0.5) is 0 Å². The zero-order chi connectivity index (χ0) is 11.8. The number of carbonyl (C=O) groups excluding carboxylic acids is 2. The number of carbonyl (C=O) groups is 2. The molecule has 1 aliphatic rings. The number of amides is 2. The summed E-state index contributed by atoms with van der Waals surface area (Å²) in [5.74, 6) is -0.378. The third kappa shape index (κ3) is 7.19. The van der Waals surface area contributed by atoms with Crippen molar-refractivity contribution in [3.8, 4) is 0 Å². The maximum atomic E-state index is 11.2. The number of rotatable bonds is 9. The summed E-state index contributed by atoms with van der Waals surface area (Å²) in [5.41, 5.74) is 4.89. The highest BCUT2D eigenvalue weighted by atomic mass is 16.5. The van der Waals surface area contributed by atoms with Gasteiger partial charge < -0.3 is 21.1 Å². The third-order valence-corrected chi connectivity index (χ3v) is 2.14. The lowest BCUT2D eigenvalue weighted by Gasteiger charge is -2.05. The standard InChI is InChI=1S/C10H19N3O3/c11-9(14)7-16-6-5-12-4-3-10(15)13-8-1-2-8/h8,12H,1-7H2,(H2,11,14)(H,13,15). The Morgan fingerprint density at radius 1 is 1.31 bits per heavy atom. The Morgan fingerprint density at radius 3 is 2.69 bits per heavy atom. The summed E-state index contributed by atoms with van der Waals surface area (Å²) in [4.78, 5) is 21.5. The van der Waals surface area contributed by atoms with E-state index in [-0.39, 0.29) is 12.5 Å². The van der Waals surface area contributed by atoms with E-state index < -0.39 is 5.91 Å². The minimum absolute atomic E-state index is 0.0517. The van der Waals surface area contributed by atoms with Crippen LogP contribution < -0.4 is 16.4 Å². The molecule has 0 saturated heterocycles. The molecule has 6 heteroatoms. The highest BCUT2D eigenvalue weighted by Gasteiger charge is 2.22. The summed E-state index contributed by atoms with van der Waals surface area (Å²) in [7, 11) is 0. The van der Waals surface area contributed by atoms with E-state index in [0.717, 1.165) is 12.8 Å². The van der Waals surface area contributed by atoms with E-state index in [9.17, 15) is 9.59 Å². The molecule has 1 rings (SSSR count). The molecule has 0 aliphatic heterocycles. The van der Waals surface area contributed by atoms with E-state index in [0.29, 0.717) is 32.2 Å². The fourth-order valence-corrected chi connectivity index (χ4v) is 1.17. The van der Waals surface area contributed by atoms with Crippen LogP contribution in [0.3, 0.4) is 0 Å². The first-order valence-corrected chi connectivity index (χ1v) is 5.54. The Morgan fingerprint density at radius 2 is 2.06 bits per heavy atom. The minimum atomic E-state index is -0.469. The van der Waals surface area contributed by atoms with Gasteiger partial charge in [0.15, 0.2) is 0 Å². The van der Waals surface area contributed by atoms with Crippen LogP contribution >= 0.6 is 0 Å². The fourth-order valence-electron chi connectivity index (χ4n) is 1.17. The molecule has 0 aromatic heterocycles. The second-order valence-corrected chi connectivity index (χ2v) is 3.86. The van der Waals surface area contributed by atoms with Crippen molar-refractivity contribution in [2.75, 3.05) is 26.3 Å². The molecule has 0 unspecified atom stereocenters. The van der Waals surface area contributed by atoms with Crippen molar-refractivity contribution in [2.45, 2.75) is 25.3 Å². The largest absolute Gasteiger partial charge is 0.370 e. The average Bonchev–Trinajstić information content (AvgIpc) is 2.99. The molecule has 0 heterocycles. The zero-order valence-corrected chi connectivity index (χ0v) is 9.33. The number of nitrogens with one attached hydrogen (secondary N) is 2. The number of nitrogens with two attached hydrogens (primary N) is 1. The molecule has 1 fully saturated rings. The van der Waals surface area contributed by atoms with E-state index >= 15 is 0 Å². The van der Waals surface area contributed by atoms with Crippen LogP contribution in [-0.4, -0.2) is 44.2 Å². The normalized spacial score (nSPS) is 14.8. The predicted molar refractivity (Wildman–Crippen MR) is 58.7 cm³/mol. The Hall–Kier alpha value is -1.14. The van der Waals surface area contributed by atoms with Gasteiger partial charge in [-0.05, 0) is 12.8 Å². The van der Waals surface area contributed by atoms with Crippen molar-refractivity contribution in [3.63, 3.8) is 0 Å². The van der Waals surface area contributed by atoms with E-state index in [2.05, 4.69) is 10.6 Å². The molecule has 0 radical (unpaired) electrons. The summed E-state index contributed by atoms with van der Waals surface area (Å²) in [5, 5.41) is 5.95. The molecular weight excluding hydrogens is 210 g/mol. The predicted octanol–water partition coefficient (Wildman–Crippen LogP) is -1.25. The molecule has 0 aromatic rings. The van der Waals surface area contributed by atoms with Gasteiger partial charge in [-0.1, -0.05) is 0 Å². The zero-order valence-electron chi connectivity index (χ0n) is 9.33. The first kappa shape index (κ1) is 12.9. The van der Waals surface area contributed by atoms with Gasteiger partial charge >= 0.3 is 0 Å². The molecule has 2 amide bonds. The highest BCUT2D eigenvalue weighted by molar-refractivity contribution is 5.76. The first-order valence-electron chi connectivity index (χ1n) is 5.54. The smallest absolute Gasteiger partial charge is 0.243 e. The van der Waals surface area contributed by atoms with Gasteiger partial charge in [0.05, 0.1) is 6.61 Å². The lowest BCUT2D eigenvalue weighted by atomic mass is 10.4. The number of hydrogen-bond donors (Lipinski definition) is 3. The second kappa shape index (κ2) is 7.19. The van der Waals surface area contributed by atoms with Crippen molar-refractivity contribution < 1.29 is 14.3 Å². The molecule has 0 spiro atoms. The topological polar surface area (TPSA) is 93.5 Å². The second-order valence-electron chi connectivity index (χ2n) is 3.86. The summed E-state index contributed by atoms with van der Waals surface area (Å²) < 4.78 is 4.94. The van der Waals surface area contributed by atoms with Gasteiger partial charge in [0, 0.05) is 25.6 Å². The highest BCUT2D eigenvalue weighted by Crippen LogP contribution is 2.18. The van der Waals surface area contributed by atoms with E-state index in [1.165, 1.54) is 0 Å². The maximum Gasteiger partial charge on any atom is 0.243 e.